The fourth-order valence-electron chi connectivity index (χ4n) is 2.50. The van der Waals surface area contributed by atoms with E-state index in [0.717, 1.165) is 12.2 Å². The maximum absolute atomic E-state index is 11.4. The molecule has 1 atom stereocenters. The Morgan fingerprint density at radius 1 is 0.917 bits per heavy atom. The first kappa shape index (κ1) is 16.9. The molecular formula is C16H12O8. The number of carbonyl (C=O) groups is 4. The molecule has 0 bridgehead atoms. The summed E-state index contributed by atoms with van der Waals surface area (Å²) in [4.78, 5) is 45.2. The third-order valence-electron chi connectivity index (χ3n) is 3.75. The van der Waals surface area contributed by atoms with E-state index in [1.165, 1.54) is 30.3 Å². The molecule has 2 rings (SSSR count). The van der Waals surface area contributed by atoms with Gasteiger partial charge in [-0.05, 0) is 17.7 Å². The van der Waals surface area contributed by atoms with Crippen LogP contribution in [0.3, 0.4) is 0 Å². The van der Waals surface area contributed by atoms with Crippen molar-refractivity contribution in [1.82, 2.24) is 0 Å². The van der Waals surface area contributed by atoms with Gasteiger partial charge < -0.3 is 20.4 Å². The van der Waals surface area contributed by atoms with Crippen molar-refractivity contribution in [2.24, 2.45) is 5.41 Å². The number of carboxylic acid groups (broad SMARTS) is 4. The minimum absolute atomic E-state index is 0.0283. The molecule has 24 heavy (non-hydrogen) atoms. The zero-order valence-corrected chi connectivity index (χ0v) is 12.0. The first-order valence-corrected chi connectivity index (χ1v) is 6.65. The van der Waals surface area contributed by atoms with Gasteiger partial charge in [0, 0.05) is 5.92 Å². The van der Waals surface area contributed by atoms with Gasteiger partial charge in [-0.1, -0.05) is 30.4 Å². The smallest absolute Gasteiger partial charge is 0.335 e. The molecule has 1 aromatic rings. The van der Waals surface area contributed by atoms with Crippen LogP contribution in [0.4, 0.5) is 0 Å². The SMILES string of the molecule is O=C(O)C1=CC(c2cccc(C(=O)O)c2)C=CC1(C(=O)O)C(=O)O. The Labute approximate surface area is 135 Å². The highest BCUT2D eigenvalue weighted by Gasteiger charge is 2.52. The molecule has 1 aromatic carbocycles. The lowest BCUT2D eigenvalue weighted by molar-refractivity contribution is -0.160. The molecule has 0 radical (unpaired) electrons. The average Bonchev–Trinajstić information content (AvgIpc) is 2.53. The maximum atomic E-state index is 11.4. The normalized spacial score (nSPS) is 18.5. The summed E-state index contributed by atoms with van der Waals surface area (Å²) >= 11 is 0. The molecule has 0 aromatic heterocycles. The number of hydrogen-bond acceptors (Lipinski definition) is 4. The number of carboxylic acids is 4. The molecule has 0 saturated heterocycles. The van der Waals surface area contributed by atoms with Crippen LogP contribution in [0.25, 0.3) is 0 Å². The van der Waals surface area contributed by atoms with Crippen LogP contribution in [0.2, 0.25) is 0 Å². The molecular weight excluding hydrogens is 320 g/mol. The standard InChI is InChI=1S/C16H12O8/c17-12(18)10-3-1-2-8(6-10)9-4-5-16(14(21)22,15(23)24)11(7-9)13(19)20/h1-7,9H,(H,17,18)(H,19,20)(H,21,22)(H,23,24). The van der Waals surface area contributed by atoms with Crippen LogP contribution >= 0.6 is 0 Å². The second-order valence-electron chi connectivity index (χ2n) is 5.12. The molecule has 4 N–H and O–H groups in total. The van der Waals surface area contributed by atoms with Gasteiger partial charge in [-0.15, -0.1) is 0 Å². The van der Waals surface area contributed by atoms with Crippen molar-refractivity contribution in [3.05, 3.63) is 59.2 Å². The maximum Gasteiger partial charge on any atom is 0.335 e. The zero-order valence-electron chi connectivity index (χ0n) is 12.0. The highest BCUT2D eigenvalue weighted by Crippen LogP contribution is 2.39. The molecule has 8 nitrogen and oxygen atoms in total. The quantitative estimate of drug-likeness (QED) is 0.464. The zero-order chi connectivity index (χ0) is 18.1. The summed E-state index contributed by atoms with van der Waals surface area (Å²) in [6.07, 6.45) is 3.04. The molecule has 0 aliphatic heterocycles. The number of benzene rings is 1. The number of rotatable bonds is 5. The van der Waals surface area contributed by atoms with Crippen LogP contribution < -0.4 is 0 Å². The van der Waals surface area contributed by atoms with Crippen LogP contribution in [0.15, 0.2) is 48.1 Å². The van der Waals surface area contributed by atoms with Crippen molar-refractivity contribution >= 4 is 23.9 Å². The lowest BCUT2D eigenvalue weighted by Crippen LogP contribution is -2.43. The van der Waals surface area contributed by atoms with Crippen LogP contribution in [0.1, 0.15) is 21.8 Å². The van der Waals surface area contributed by atoms with Gasteiger partial charge in [0.05, 0.1) is 11.1 Å². The van der Waals surface area contributed by atoms with E-state index in [1.54, 1.807) is 0 Å². The molecule has 0 spiro atoms. The van der Waals surface area contributed by atoms with Crippen LogP contribution in [0.5, 0.6) is 0 Å². The van der Waals surface area contributed by atoms with Crippen molar-refractivity contribution < 1.29 is 39.6 Å². The van der Waals surface area contributed by atoms with E-state index in [4.69, 9.17) is 5.11 Å². The van der Waals surface area contributed by atoms with Crippen molar-refractivity contribution in [2.45, 2.75) is 5.92 Å². The minimum atomic E-state index is -2.69. The largest absolute Gasteiger partial charge is 0.480 e. The third-order valence-corrected chi connectivity index (χ3v) is 3.75. The van der Waals surface area contributed by atoms with E-state index >= 15 is 0 Å². The van der Waals surface area contributed by atoms with Gasteiger partial charge in [0.2, 0.25) is 5.41 Å². The van der Waals surface area contributed by atoms with Gasteiger partial charge in [0.1, 0.15) is 0 Å². The molecule has 1 aliphatic carbocycles. The molecule has 0 fully saturated rings. The lowest BCUT2D eigenvalue weighted by Gasteiger charge is -2.27. The van der Waals surface area contributed by atoms with Crippen LogP contribution in [0, 0.1) is 5.41 Å². The summed E-state index contributed by atoms with van der Waals surface area (Å²) in [6.45, 7) is 0. The fraction of sp³-hybridized carbons (Fsp3) is 0.125. The summed E-state index contributed by atoms with van der Waals surface area (Å²) < 4.78 is 0. The minimum Gasteiger partial charge on any atom is -0.480 e. The summed E-state index contributed by atoms with van der Waals surface area (Å²) in [5, 5.41) is 36.7. The Bertz CT molecular complexity index is 788. The van der Waals surface area contributed by atoms with Gasteiger partial charge in [-0.25, -0.2) is 9.59 Å². The molecule has 1 unspecified atom stereocenters. The number of aliphatic carboxylic acids is 3. The molecule has 0 amide bonds. The summed E-state index contributed by atoms with van der Waals surface area (Å²) in [7, 11) is 0. The van der Waals surface area contributed by atoms with E-state index in [9.17, 15) is 34.5 Å². The Hall–Kier alpha value is -3.42. The predicted octanol–water partition coefficient (Wildman–Crippen LogP) is 1.20. The summed E-state index contributed by atoms with van der Waals surface area (Å²) in [5.41, 5.74) is -3.13. The van der Waals surface area contributed by atoms with Crippen LogP contribution in [-0.2, 0) is 14.4 Å². The first-order chi connectivity index (χ1) is 11.2. The van der Waals surface area contributed by atoms with Gasteiger partial charge in [-0.2, -0.15) is 0 Å². The Kier molecular flexibility index (Phi) is 4.23. The van der Waals surface area contributed by atoms with Crippen molar-refractivity contribution in [3.63, 3.8) is 0 Å². The van der Waals surface area contributed by atoms with Crippen molar-refractivity contribution in [2.75, 3.05) is 0 Å². The number of hydrogen-bond donors (Lipinski definition) is 4. The average molecular weight is 332 g/mol. The van der Waals surface area contributed by atoms with Crippen LogP contribution in [-0.4, -0.2) is 44.3 Å². The molecule has 124 valence electrons. The van der Waals surface area contributed by atoms with Gasteiger partial charge in [0.25, 0.3) is 0 Å². The van der Waals surface area contributed by atoms with E-state index in [1.807, 2.05) is 0 Å². The van der Waals surface area contributed by atoms with E-state index < -0.39 is 40.8 Å². The first-order valence-electron chi connectivity index (χ1n) is 6.65. The lowest BCUT2D eigenvalue weighted by atomic mass is 9.73. The second kappa shape index (κ2) is 5.99. The molecule has 0 saturated carbocycles. The third kappa shape index (κ3) is 2.65. The van der Waals surface area contributed by atoms with E-state index in [-0.39, 0.29) is 5.56 Å². The van der Waals surface area contributed by atoms with Gasteiger partial charge in [0.15, 0.2) is 0 Å². The van der Waals surface area contributed by atoms with Gasteiger partial charge >= 0.3 is 23.9 Å². The Morgan fingerprint density at radius 3 is 2.04 bits per heavy atom. The number of aromatic carboxylic acids is 1. The van der Waals surface area contributed by atoms with E-state index in [0.29, 0.717) is 5.56 Å². The monoisotopic (exact) mass is 332 g/mol. The Balaban J connectivity index is 2.57. The van der Waals surface area contributed by atoms with E-state index in [2.05, 4.69) is 0 Å². The van der Waals surface area contributed by atoms with Gasteiger partial charge in [-0.3, -0.25) is 9.59 Å². The van der Waals surface area contributed by atoms with Crippen molar-refractivity contribution in [3.8, 4) is 0 Å². The molecule has 8 heteroatoms. The Morgan fingerprint density at radius 2 is 1.54 bits per heavy atom. The summed E-state index contributed by atoms with van der Waals surface area (Å²) in [6, 6.07) is 5.64. The molecule has 1 aliphatic rings. The fourth-order valence-corrected chi connectivity index (χ4v) is 2.50. The second-order valence-corrected chi connectivity index (χ2v) is 5.12. The topological polar surface area (TPSA) is 149 Å². The summed E-state index contributed by atoms with van der Waals surface area (Å²) in [5.74, 6) is -7.26. The molecule has 0 heterocycles. The number of allylic oxidation sites excluding steroid dienone is 2. The highest BCUT2D eigenvalue weighted by molar-refractivity contribution is 6.12. The predicted molar refractivity (Wildman–Crippen MR) is 78.7 cm³/mol. The van der Waals surface area contributed by atoms with Crippen molar-refractivity contribution in [1.29, 1.82) is 0 Å². The highest BCUT2D eigenvalue weighted by atomic mass is 16.4.